The van der Waals surface area contributed by atoms with Gasteiger partial charge in [-0.1, -0.05) is 24.3 Å². The Bertz CT molecular complexity index is 566. The summed E-state index contributed by atoms with van der Waals surface area (Å²) in [7, 11) is 0. The molecule has 4 nitrogen and oxygen atoms in total. The van der Waals surface area contributed by atoms with Crippen LogP contribution in [0, 0.1) is 5.92 Å². The van der Waals surface area contributed by atoms with E-state index in [1.54, 1.807) is 0 Å². The summed E-state index contributed by atoms with van der Waals surface area (Å²) in [5, 5.41) is 0. The highest BCUT2D eigenvalue weighted by molar-refractivity contribution is 5.69. The Kier molecular flexibility index (Phi) is 3.57. The maximum atomic E-state index is 12.6. The molecule has 0 aliphatic carbocycles. The number of piperidine rings is 3. The summed E-state index contributed by atoms with van der Waals surface area (Å²) in [6.45, 7) is 6.14. The predicted molar refractivity (Wildman–Crippen MR) is 84.7 cm³/mol. The molecule has 4 aliphatic heterocycles. The van der Waals surface area contributed by atoms with E-state index < -0.39 is 0 Å². The van der Waals surface area contributed by atoms with Gasteiger partial charge in [-0.25, -0.2) is 4.79 Å². The standard InChI is InChI=1S/C18H24N2O2/c1-13-16-5-3-2-4-14(16)8-11-20(13)18(21)22-17-12-19-9-6-15(17)7-10-19/h2-5,13,15,17H,6-12H2,1H3/t13?,17-/m0/s1. The van der Waals surface area contributed by atoms with E-state index in [9.17, 15) is 4.79 Å². The van der Waals surface area contributed by atoms with E-state index in [0.717, 1.165) is 19.5 Å². The Morgan fingerprint density at radius 1 is 1.18 bits per heavy atom. The predicted octanol–water partition coefficient (Wildman–Crippen LogP) is 2.84. The SMILES string of the molecule is CC1c2ccccc2CCN1C(=O)O[C@H]1CN2CCC1CC2. The molecule has 118 valence electrons. The normalized spacial score (nSPS) is 33.4. The van der Waals surface area contributed by atoms with E-state index in [-0.39, 0.29) is 18.2 Å². The third kappa shape index (κ3) is 2.39. The van der Waals surface area contributed by atoms with Gasteiger partial charge >= 0.3 is 6.09 Å². The molecule has 2 bridgehead atoms. The lowest BCUT2D eigenvalue weighted by Gasteiger charge is -2.45. The van der Waals surface area contributed by atoms with E-state index in [1.807, 2.05) is 4.90 Å². The van der Waals surface area contributed by atoms with Gasteiger partial charge in [0.25, 0.3) is 0 Å². The summed E-state index contributed by atoms with van der Waals surface area (Å²) in [6, 6.07) is 8.54. The van der Waals surface area contributed by atoms with Gasteiger partial charge in [0, 0.05) is 13.1 Å². The molecule has 0 spiro atoms. The Labute approximate surface area is 132 Å². The van der Waals surface area contributed by atoms with Crippen LogP contribution in [0.5, 0.6) is 0 Å². The van der Waals surface area contributed by atoms with Crippen LogP contribution in [-0.4, -0.2) is 48.2 Å². The van der Waals surface area contributed by atoms with E-state index in [0.29, 0.717) is 5.92 Å². The number of fused-ring (bicyclic) bond motifs is 4. The number of ether oxygens (including phenoxy) is 1. The maximum absolute atomic E-state index is 12.6. The second-order valence-corrected chi connectivity index (χ2v) is 6.88. The third-order valence-corrected chi connectivity index (χ3v) is 5.68. The van der Waals surface area contributed by atoms with Crippen molar-refractivity contribution in [3.05, 3.63) is 35.4 Å². The van der Waals surface area contributed by atoms with Crippen LogP contribution < -0.4 is 0 Å². The highest BCUT2D eigenvalue weighted by Gasteiger charge is 2.38. The first-order chi connectivity index (χ1) is 10.7. The Hall–Kier alpha value is -1.55. The minimum Gasteiger partial charge on any atom is -0.444 e. The van der Waals surface area contributed by atoms with Gasteiger partial charge in [-0.2, -0.15) is 0 Å². The maximum Gasteiger partial charge on any atom is 0.410 e. The lowest BCUT2D eigenvalue weighted by atomic mass is 9.86. The number of nitrogens with zero attached hydrogens (tertiary/aromatic N) is 2. The van der Waals surface area contributed by atoms with E-state index in [4.69, 9.17) is 4.74 Å². The van der Waals surface area contributed by atoms with Crippen molar-refractivity contribution >= 4 is 6.09 Å². The van der Waals surface area contributed by atoms with Crippen LogP contribution in [0.25, 0.3) is 0 Å². The summed E-state index contributed by atoms with van der Waals surface area (Å²) in [4.78, 5) is 17.0. The van der Waals surface area contributed by atoms with Gasteiger partial charge in [-0.3, -0.25) is 4.90 Å². The van der Waals surface area contributed by atoms with Crippen molar-refractivity contribution in [2.45, 2.75) is 38.3 Å². The molecule has 4 heteroatoms. The molecule has 0 radical (unpaired) electrons. The number of rotatable bonds is 1. The van der Waals surface area contributed by atoms with Crippen molar-refractivity contribution in [1.29, 1.82) is 0 Å². The summed E-state index contributed by atoms with van der Waals surface area (Å²) in [5.74, 6) is 0.571. The molecule has 5 rings (SSSR count). The largest absolute Gasteiger partial charge is 0.444 e. The molecule has 1 amide bonds. The van der Waals surface area contributed by atoms with Gasteiger partial charge in [-0.05, 0) is 56.3 Å². The van der Waals surface area contributed by atoms with Crippen molar-refractivity contribution in [2.75, 3.05) is 26.2 Å². The average molecular weight is 300 g/mol. The smallest absolute Gasteiger partial charge is 0.410 e. The van der Waals surface area contributed by atoms with Crippen LogP contribution in [0.15, 0.2) is 24.3 Å². The van der Waals surface area contributed by atoms with Crippen molar-refractivity contribution in [2.24, 2.45) is 5.92 Å². The molecule has 4 heterocycles. The van der Waals surface area contributed by atoms with Crippen LogP contribution >= 0.6 is 0 Å². The first kappa shape index (κ1) is 14.1. The van der Waals surface area contributed by atoms with Crippen molar-refractivity contribution < 1.29 is 9.53 Å². The van der Waals surface area contributed by atoms with E-state index in [1.165, 1.54) is 37.1 Å². The van der Waals surface area contributed by atoms with Gasteiger partial charge in [0.05, 0.1) is 6.04 Å². The highest BCUT2D eigenvalue weighted by atomic mass is 16.6. The van der Waals surface area contributed by atoms with Gasteiger partial charge in [0.2, 0.25) is 0 Å². The lowest BCUT2D eigenvalue weighted by molar-refractivity contribution is -0.0469. The molecule has 0 aromatic heterocycles. The molecule has 2 atom stereocenters. The third-order valence-electron chi connectivity index (χ3n) is 5.68. The summed E-state index contributed by atoms with van der Waals surface area (Å²) >= 11 is 0. The van der Waals surface area contributed by atoms with Gasteiger partial charge in [0.1, 0.15) is 6.10 Å². The molecule has 1 aromatic carbocycles. The second kappa shape index (κ2) is 5.58. The molecule has 1 unspecified atom stereocenters. The fraction of sp³-hybridized carbons (Fsp3) is 0.611. The molecule has 0 saturated carbocycles. The fourth-order valence-corrected chi connectivity index (χ4v) is 4.26. The molecule has 3 saturated heterocycles. The van der Waals surface area contributed by atoms with Crippen LogP contribution in [0.1, 0.15) is 36.9 Å². The first-order valence-corrected chi connectivity index (χ1v) is 8.50. The summed E-state index contributed by atoms with van der Waals surface area (Å²) in [6.07, 6.45) is 3.25. The Morgan fingerprint density at radius 3 is 2.68 bits per heavy atom. The average Bonchev–Trinajstić information content (AvgIpc) is 2.56. The number of hydrogen-bond acceptors (Lipinski definition) is 3. The zero-order valence-electron chi connectivity index (χ0n) is 13.2. The van der Waals surface area contributed by atoms with Crippen LogP contribution in [0.3, 0.4) is 0 Å². The van der Waals surface area contributed by atoms with Crippen LogP contribution in [-0.2, 0) is 11.2 Å². The van der Waals surface area contributed by atoms with Crippen molar-refractivity contribution in [3.8, 4) is 0 Å². The number of amides is 1. The zero-order chi connectivity index (χ0) is 15.1. The minimum atomic E-state index is -0.124. The van der Waals surface area contributed by atoms with Crippen LogP contribution in [0.4, 0.5) is 4.79 Å². The number of hydrogen-bond donors (Lipinski definition) is 0. The zero-order valence-corrected chi connectivity index (χ0v) is 13.2. The number of carbonyl (C=O) groups is 1. The number of benzene rings is 1. The molecular formula is C18H24N2O2. The molecule has 22 heavy (non-hydrogen) atoms. The Balaban J connectivity index is 1.45. The summed E-state index contributed by atoms with van der Waals surface area (Å²) < 4.78 is 5.90. The molecule has 3 fully saturated rings. The highest BCUT2D eigenvalue weighted by Crippen LogP contribution is 2.33. The molecule has 0 N–H and O–H groups in total. The second-order valence-electron chi connectivity index (χ2n) is 6.88. The van der Waals surface area contributed by atoms with Crippen LogP contribution in [0.2, 0.25) is 0 Å². The first-order valence-electron chi connectivity index (χ1n) is 8.50. The van der Waals surface area contributed by atoms with Crippen molar-refractivity contribution in [1.82, 2.24) is 9.80 Å². The summed E-state index contributed by atoms with van der Waals surface area (Å²) in [5.41, 5.74) is 2.63. The van der Waals surface area contributed by atoms with E-state index in [2.05, 4.69) is 36.1 Å². The lowest BCUT2D eigenvalue weighted by Crippen LogP contribution is -2.53. The molecule has 1 aromatic rings. The van der Waals surface area contributed by atoms with Gasteiger partial charge in [0.15, 0.2) is 0 Å². The number of carbonyl (C=O) groups excluding carboxylic acids is 1. The van der Waals surface area contributed by atoms with Gasteiger partial charge in [-0.15, -0.1) is 0 Å². The topological polar surface area (TPSA) is 32.8 Å². The quantitative estimate of drug-likeness (QED) is 0.799. The van der Waals surface area contributed by atoms with Crippen molar-refractivity contribution in [3.63, 3.8) is 0 Å². The molecule has 4 aliphatic rings. The Morgan fingerprint density at radius 2 is 1.95 bits per heavy atom. The fourth-order valence-electron chi connectivity index (χ4n) is 4.26. The minimum absolute atomic E-state index is 0.0966. The monoisotopic (exact) mass is 300 g/mol. The van der Waals surface area contributed by atoms with Gasteiger partial charge < -0.3 is 9.64 Å². The van der Waals surface area contributed by atoms with E-state index >= 15 is 0 Å². The molecular weight excluding hydrogens is 276 g/mol.